The van der Waals surface area contributed by atoms with Crippen molar-refractivity contribution >= 4 is 40.4 Å². The van der Waals surface area contributed by atoms with Gasteiger partial charge in [-0.15, -0.1) is 0 Å². The van der Waals surface area contributed by atoms with Crippen LogP contribution in [0, 0.1) is 5.41 Å². The highest BCUT2D eigenvalue weighted by atomic mass is 28.3. The van der Waals surface area contributed by atoms with Gasteiger partial charge in [0.1, 0.15) is 0 Å². The maximum atomic E-state index is 2.55. The maximum Gasteiger partial charge on any atom is 0.0581 e. The van der Waals surface area contributed by atoms with Gasteiger partial charge in [0.15, 0.2) is 0 Å². The van der Waals surface area contributed by atoms with Gasteiger partial charge in [0, 0.05) is 16.1 Å². The van der Waals surface area contributed by atoms with E-state index >= 15 is 0 Å². The Labute approximate surface area is 311 Å². The van der Waals surface area contributed by atoms with Crippen LogP contribution in [0.5, 0.6) is 0 Å². The van der Waals surface area contributed by atoms with Crippen LogP contribution in [0.3, 0.4) is 0 Å². The molecule has 0 heterocycles. The summed E-state index contributed by atoms with van der Waals surface area (Å²) in [5.74, 6) is 0. The summed E-state index contributed by atoms with van der Waals surface area (Å²) in [5, 5.41) is 1.09. The molecule has 47 heavy (non-hydrogen) atoms. The fourth-order valence-corrected chi connectivity index (χ4v) is 13.6. The molecule has 0 atom stereocenters. The van der Waals surface area contributed by atoms with Crippen LogP contribution in [0.15, 0.2) is 0 Å². The van der Waals surface area contributed by atoms with Gasteiger partial charge in [0.25, 0.3) is 0 Å². The lowest BCUT2D eigenvalue weighted by atomic mass is 9.82. The molecule has 0 nitrogen and oxygen atoms in total. The zero-order chi connectivity index (χ0) is 40.0. The van der Waals surface area contributed by atoms with Crippen LogP contribution in [0.4, 0.5) is 0 Å². The molecule has 0 aliphatic carbocycles. The molecule has 0 rings (SSSR count). The van der Waals surface area contributed by atoms with Crippen LogP contribution in [-0.2, 0) is 0 Å². The van der Waals surface area contributed by atoms with Gasteiger partial charge in [0.2, 0.25) is 0 Å². The molecule has 0 aromatic rings. The Morgan fingerprint density at radius 2 is 0.596 bits per heavy atom. The lowest BCUT2D eigenvalue weighted by Crippen LogP contribution is -2.43. The fourth-order valence-electron chi connectivity index (χ4n) is 4.54. The molecule has 292 valence electrons. The van der Waals surface area contributed by atoms with E-state index in [4.69, 9.17) is 0 Å². The SMILES string of the molecule is CC(C)(C)C(C)(C)[Si](C)(C)C.CC(C)(C)[Si](C)(C)C.CC(C)[Si](C)(C(C)C)C(C)C.CC(C)[Si](C)(C)C(C)C.CC[Si](C)(CC)CC. The minimum absolute atomic E-state index is 0.442. The van der Waals surface area contributed by atoms with Crippen molar-refractivity contribution in [3.05, 3.63) is 0 Å². The van der Waals surface area contributed by atoms with Crippen LogP contribution in [0.1, 0.15) is 145 Å². The highest BCUT2D eigenvalue weighted by molar-refractivity contribution is 6.82. The standard InChI is InChI=1S/2C10H24Si.C8H20Si.2C7H18Si/c1-9(2,3)10(4,5)11(6,7)8;1-8(2)11(7,9(3)4)10(5)6;1-7(2)9(5,6)8(3)4;1-7(2,3)8(4,5)6;1-5-8(4,6-2)7-3/h1-8H3;8-10H,1-7H3;7-8H,1-6H3;1-6H3;5-7H2,1-4H3. The van der Waals surface area contributed by atoms with Crippen LogP contribution >= 0.6 is 0 Å². The van der Waals surface area contributed by atoms with Crippen molar-refractivity contribution in [1.29, 1.82) is 0 Å². The third kappa shape index (κ3) is 21.3. The second-order valence-corrected chi connectivity index (χ2v) is 52.1. The molecule has 0 spiro atoms. The smallest absolute Gasteiger partial charge is 0.0581 e. The Bertz CT molecular complexity index is 689. The summed E-state index contributed by atoms with van der Waals surface area (Å²) in [6.07, 6.45) is 0. The van der Waals surface area contributed by atoms with Gasteiger partial charge in [-0.2, -0.15) is 0 Å². The van der Waals surface area contributed by atoms with Crippen LogP contribution in [0.25, 0.3) is 0 Å². The van der Waals surface area contributed by atoms with Gasteiger partial charge in [-0.1, -0.05) is 257 Å². The van der Waals surface area contributed by atoms with E-state index in [1.807, 2.05) is 0 Å². The Morgan fingerprint density at radius 1 is 0.383 bits per heavy atom. The zero-order valence-corrected chi connectivity index (χ0v) is 45.0. The third-order valence-corrected chi connectivity index (χ3v) is 42.8. The number of hydrogen-bond donors (Lipinski definition) is 0. The van der Waals surface area contributed by atoms with Crippen molar-refractivity contribution < 1.29 is 0 Å². The van der Waals surface area contributed by atoms with Crippen molar-refractivity contribution in [1.82, 2.24) is 0 Å². The van der Waals surface area contributed by atoms with Crippen molar-refractivity contribution in [2.24, 2.45) is 5.41 Å². The number of hydrogen-bond acceptors (Lipinski definition) is 0. The van der Waals surface area contributed by atoms with Crippen molar-refractivity contribution in [2.45, 2.75) is 267 Å². The monoisotopic (exact) mass is 749 g/mol. The predicted molar refractivity (Wildman–Crippen MR) is 248 cm³/mol. The van der Waals surface area contributed by atoms with E-state index in [-0.39, 0.29) is 0 Å². The van der Waals surface area contributed by atoms with Gasteiger partial charge in [0.05, 0.1) is 24.2 Å². The van der Waals surface area contributed by atoms with Crippen LogP contribution < -0.4 is 0 Å². The fraction of sp³-hybridized carbons (Fsp3) is 1.00. The largest absolute Gasteiger partial charge is 0.0692 e. The molecule has 0 fully saturated rings. The molecule has 0 unspecified atom stereocenters. The molecule has 0 aromatic carbocycles. The highest BCUT2D eigenvalue weighted by Gasteiger charge is 2.43. The summed E-state index contributed by atoms with van der Waals surface area (Å²) in [6, 6.07) is 4.38. The molecule has 0 saturated carbocycles. The van der Waals surface area contributed by atoms with Crippen LogP contribution in [0.2, 0.25) is 121 Å². The second kappa shape index (κ2) is 22.2. The lowest BCUT2D eigenvalue weighted by molar-refractivity contribution is 0.289. The zero-order valence-electron chi connectivity index (χ0n) is 40.0. The average Bonchev–Trinajstić information content (AvgIpc) is 2.86. The first-order valence-corrected chi connectivity index (χ1v) is 36.2. The Morgan fingerprint density at radius 3 is 0.596 bits per heavy atom. The van der Waals surface area contributed by atoms with Crippen LogP contribution in [-0.4, -0.2) is 40.4 Å². The first-order chi connectivity index (χ1) is 20.1. The Balaban J connectivity index is -0.000000158. The van der Waals surface area contributed by atoms with E-state index in [1.165, 1.54) is 18.1 Å². The van der Waals surface area contributed by atoms with Crippen molar-refractivity contribution in [3.63, 3.8) is 0 Å². The molecule has 0 aliphatic heterocycles. The van der Waals surface area contributed by atoms with Crippen molar-refractivity contribution in [3.8, 4) is 0 Å². The van der Waals surface area contributed by atoms with Gasteiger partial charge < -0.3 is 0 Å². The molecule has 0 aromatic heterocycles. The molecule has 0 amide bonds. The maximum absolute atomic E-state index is 2.55. The summed E-state index contributed by atoms with van der Waals surface area (Å²) in [5.41, 5.74) is 5.06. The minimum atomic E-state index is -1.02. The van der Waals surface area contributed by atoms with Gasteiger partial charge in [-0.05, 0) is 15.5 Å². The van der Waals surface area contributed by atoms with E-state index in [9.17, 15) is 0 Å². The van der Waals surface area contributed by atoms with E-state index in [2.05, 4.69) is 211 Å². The molecule has 0 bridgehead atoms. The molecule has 5 heteroatoms. The topological polar surface area (TPSA) is 0 Å². The Hall–Kier alpha value is 1.08. The number of rotatable bonds is 9. The van der Waals surface area contributed by atoms with Crippen molar-refractivity contribution in [2.75, 3.05) is 0 Å². The molecular formula is C42H104Si5. The molecule has 0 N–H and O–H groups in total. The third-order valence-electron chi connectivity index (χ3n) is 15.3. The summed E-state index contributed by atoms with van der Waals surface area (Å²) >= 11 is 0. The normalized spacial score (nSPS) is 13.8. The molecular weight excluding hydrogens is 645 g/mol. The minimum Gasteiger partial charge on any atom is -0.0692 e. The van der Waals surface area contributed by atoms with E-state index in [0.717, 1.165) is 27.7 Å². The average molecular weight is 750 g/mol. The summed E-state index contributed by atoms with van der Waals surface area (Å²) in [4.78, 5) is 0. The van der Waals surface area contributed by atoms with E-state index in [0.29, 0.717) is 15.5 Å². The molecule has 0 aliphatic rings. The second-order valence-electron chi connectivity index (χ2n) is 22.5. The van der Waals surface area contributed by atoms with Gasteiger partial charge in [-0.3, -0.25) is 0 Å². The summed E-state index contributed by atoms with van der Waals surface area (Å²) in [7, 11) is -4.39. The Kier molecular flexibility index (Phi) is 27.1. The molecule has 0 saturated heterocycles. The summed E-state index contributed by atoms with van der Waals surface area (Å²) < 4.78 is 0. The van der Waals surface area contributed by atoms with Gasteiger partial charge >= 0.3 is 0 Å². The first-order valence-electron chi connectivity index (χ1n) is 20.1. The van der Waals surface area contributed by atoms with Gasteiger partial charge in [-0.25, -0.2) is 0 Å². The quantitative estimate of drug-likeness (QED) is 0.206. The highest BCUT2D eigenvalue weighted by Crippen LogP contribution is 2.51. The summed E-state index contributed by atoms with van der Waals surface area (Å²) in [6.45, 7) is 74.3. The molecule has 0 radical (unpaired) electrons. The lowest BCUT2D eigenvalue weighted by Gasteiger charge is -2.48. The first kappa shape index (κ1) is 57.4. The van der Waals surface area contributed by atoms with E-state index < -0.39 is 40.4 Å². The van der Waals surface area contributed by atoms with E-state index in [1.54, 1.807) is 0 Å². The predicted octanol–water partition coefficient (Wildman–Crippen LogP) is 18.2.